The Bertz CT molecular complexity index is 733. The number of aromatic nitrogens is 2. The first-order chi connectivity index (χ1) is 12.7. The molecule has 3 rings (SSSR count). The van der Waals surface area contributed by atoms with Crippen molar-refractivity contribution in [2.75, 3.05) is 18.5 Å². The van der Waals surface area contributed by atoms with Crippen molar-refractivity contribution in [1.82, 2.24) is 15.1 Å². The molecule has 0 bridgehead atoms. The lowest BCUT2D eigenvalue weighted by Gasteiger charge is -2.34. The fraction of sp³-hybridized carbons (Fsp3) is 0.450. The fourth-order valence-electron chi connectivity index (χ4n) is 3.34. The molecule has 0 saturated carbocycles. The van der Waals surface area contributed by atoms with Gasteiger partial charge in [-0.3, -0.25) is 4.79 Å². The third-order valence-corrected chi connectivity index (χ3v) is 4.69. The SMILES string of the molecule is CCOc1ccccc1Nc1ccc(C(=O)N2CCCCC2CC)nn1. The predicted molar refractivity (Wildman–Crippen MR) is 102 cm³/mol. The van der Waals surface area contributed by atoms with E-state index in [1.165, 1.54) is 6.42 Å². The van der Waals surface area contributed by atoms with Crippen LogP contribution >= 0.6 is 0 Å². The molecule has 2 heterocycles. The van der Waals surface area contributed by atoms with Gasteiger partial charge in [-0.25, -0.2) is 0 Å². The van der Waals surface area contributed by atoms with Crippen molar-refractivity contribution in [3.05, 3.63) is 42.1 Å². The summed E-state index contributed by atoms with van der Waals surface area (Å²) in [6, 6.07) is 11.5. The molecule has 1 amide bonds. The molecule has 6 nitrogen and oxygen atoms in total. The zero-order chi connectivity index (χ0) is 18.4. The summed E-state index contributed by atoms with van der Waals surface area (Å²) >= 11 is 0. The third kappa shape index (κ3) is 4.12. The molecule has 6 heteroatoms. The van der Waals surface area contributed by atoms with Gasteiger partial charge in [-0.2, -0.15) is 0 Å². The second-order valence-electron chi connectivity index (χ2n) is 6.41. The summed E-state index contributed by atoms with van der Waals surface area (Å²) in [5.41, 5.74) is 1.22. The molecule has 0 aliphatic carbocycles. The van der Waals surface area contributed by atoms with Gasteiger partial charge in [0.2, 0.25) is 0 Å². The average molecular weight is 354 g/mol. The van der Waals surface area contributed by atoms with Crippen molar-refractivity contribution in [2.45, 2.75) is 45.6 Å². The molecular weight excluding hydrogens is 328 g/mol. The van der Waals surface area contributed by atoms with Gasteiger partial charge in [0.25, 0.3) is 5.91 Å². The van der Waals surface area contributed by atoms with Crippen molar-refractivity contribution >= 4 is 17.4 Å². The zero-order valence-corrected chi connectivity index (χ0v) is 15.4. The minimum Gasteiger partial charge on any atom is -0.492 e. The molecule has 1 aromatic carbocycles. The lowest BCUT2D eigenvalue weighted by Crippen LogP contribution is -2.43. The van der Waals surface area contributed by atoms with E-state index in [1.807, 2.05) is 36.1 Å². The molecule has 1 aromatic heterocycles. The Kier molecular flexibility index (Phi) is 6.04. The van der Waals surface area contributed by atoms with Crippen LogP contribution in [0.15, 0.2) is 36.4 Å². The number of likely N-dealkylation sites (tertiary alicyclic amines) is 1. The van der Waals surface area contributed by atoms with Gasteiger partial charge >= 0.3 is 0 Å². The molecule has 26 heavy (non-hydrogen) atoms. The van der Waals surface area contributed by atoms with Gasteiger partial charge in [0, 0.05) is 12.6 Å². The monoisotopic (exact) mass is 354 g/mol. The van der Waals surface area contributed by atoms with E-state index in [9.17, 15) is 4.79 Å². The van der Waals surface area contributed by atoms with E-state index in [-0.39, 0.29) is 5.91 Å². The first kappa shape index (κ1) is 18.2. The highest BCUT2D eigenvalue weighted by atomic mass is 16.5. The van der Waals surface area contributed by atoms with Crippen LogP contribution in [0, 0.1) is 0 Å². The van der Waals surface area contributed by atoms with Crippen molar-refractivity contribution in [2.24, 2.45) is 0 Å². The van der Waals surface area contributed by atoms with Crippen LogP contribution in [0.4, 0.5) is 11.5 Å². The molecule has 2 aromatic rings. The van der Waals surface area contributed by atoms with E-state index in [4.69, 9.17) is 4.74 Å². The number of amides is 1. The highest BCUT2D eigenvalue weighted by Gasteiger charge is 2.27. The Labute approximate surface area is 154 Å². The van der Waals surface area contributed by atoms with Crippen LogP contribution in [-0.4, -0.2) is 40.2 Å². The van der Waals surface area contributed by atoms with Gasteiger partial charge in [0.05, 0.1) is 12.3 Å². The summed E-state index contributed by atoms with van der Waals surface area (Å²) in [6.45, 7) is 5.47. The molecule has 1 atom stereocenters. The number of hydrogen-bond donors (Lipinski definition) is 1. The minimum atomic E-state index is -0.0229. The Balaban J connectivity index is 1.71. The van der Waals surface area contributed by atoms with Gasteiger partial charge < -0.3 is 15.0 Å². The quantitative estimate of drug-likeness (QED) is 0.848. The first-order valence-electron chi connectivity index (χ1n) is 9.36. The largest absolute Gasteiger partial charge is 0.492 e. The molecule has 138 valence electrons. The third-order valence-electron chi connectivity index (χ3n) is 4.69. The lowest BCUT2D eigenvalue weighted by atomic mass is 9.99. The summed E-state index contributed by atoms with van der Waals surface area (Å²) in [6.07, 6.45) is 4.30. The van der Waals surface area contributed by atoms with Crippen molar-refractivity contribution < 1.29 is 9.53 Å². The normalized spacial score (nSPS) is 17.0. The van der Waals surface area contributed by atoms with E-state index in [0.717, 1.165) is 37.2 Å². The van der Waals surface area contributed by atoms with Crippen molar-refractivity contribution in [1.29, 1.82) is 0 Å². The van der Waals surface area contributed by atoms with Gasteiger partial charge in [0.15, 0.2) is 11.5 Å². The first-order valence-corrected chi connectivity index (χ1v) is 9.36. The predicted octanol–water partition coefficient (Wildman–Crippen LogP) is 4.02. The summed E-state index contributed by atoms with van der Waals surface area (Å²) < 4.78 is 5.60. The number of piperidine rings is 1. The van der Waals surface area contributed by atoms with Gasteiger partial charge in [-0.05, 0) is 56.9 Å². The average Bonchev–Trinajstić information content (AvgIpc) is 2.69. The Morgan fingerprint density at radius 3 is 2.77 bits per heavy atom. The second-order valence-corrected chi connectivity index (χ2v) is 6.41. The maximum absolute atomic E-state index is 12.8. The van der Waals surface area contributed by atoms with E-state index < -0.39 is 0 Å². The summed E-state index contributed by atoms with van der Waals surface area (Å²) in [7, 11) is 0. The molecule has 1 unspecified atom stereocenters. The van der Waals surface area contributed by atoms with Gasteiger partial charge in [-0.1, -0.05) is 19.1 Å². The minimum absolute atomic E-state index is 0.0229. The molecule has 1 saturated heterocycles. The van der Waals surface area contributed by atoms with E-state index in [2.05, 4.69) is 22.4 Å². The van der Waals surface area contributed by atoms with E-state index in [0.29, 0.717) is 24.2 Å². The van der Waals surface area contributed by atoms with Crippen LogP contribution in [0.25, 0.3) is 0 Å². The van der Waals surface area contributed by atoms with Gasteiger partial charge in [-0.15, -0.1) is 10.2 Å². The van der Waals surface area contributed by atoms with Crippen LogP contribution in [0.3, 0.4) is 0 Å². The topological polar surface area (TPSA) is 67.3 Å². The number of nitrogens with one attached hydrogen (secondary N) is 1. The lowest BCUT2D eigenvalue weighted by molar-refractivity contribution is 0.0601. The number of rotatable bonds is 6. The number of hydrogen-bond acceptors (Lipinski definition) is 5. The number of para-hydroxylation sites is 2. The number of carbonyl (C=O) groups is 1. The maximum atomic E-state index is 12.8. The van der Waals surface area contributed by atoms with E-state index >= 15 is 0 Å². The van der Waals surface area contributed by atoms with Crippen molar-refractivity contribution in [3.63, 3.8) is 0 Å². The Hall–Kier alpha value is -2.63. The molecule has 1 N–H and O–H groups in total. The van der Waals surface area contributed by atoms with Crippen LogP contribution in [-0.2, 0) is 0 Å². The maximum Gasteiger partial charge on any atom is 0.274 e. The molecule has 0 spiro atoms. The Morgan fingerprint density at radius 2 is 2.04 bits per heavy atom. The fourth-order valence-corrected chi connectivity index (χ4v) is 3.34. The molecular formula is C20H26N4O2. The standard InChI is InChI=1S/C20H26N4O2/c1-3-15-9-7-8-14-24(15)20(25)17-12-13-19(23-22-17)21-16-10-5-6-11-18(16)26-4-2/h5-6,10-13,15H,3-4,7-9,14H2,1-2H3,(H,21,23). The highest BCUT2D eigenvalue weighted by molar-refractivity contribution is 5.92. The van der Waals surface area contributed by atoms with E-state index in [1.54, 1.807) is 12.1 Å². The van der Waals surface area contributed by atoms with Crippen LogP contribution in [0.5, 0.6) is 5.75 Å². The number of ether oxygens (including phenoxy) is 1. The number of nitrogens with zero attached hydrogens (tertiary/aromatic N) is 3. The molecule has 0 radical (unpaired) electrons. The zero-order valence-electron chi connectivity index (χ0n) is 15.4. The van der Waals surface area contributed by atoms with Crippen LogP contribution in [0.2, 0.25) is 0 Å². The highest BCUT2D eigenvalue weighted by Crippen LogP contribution is 2.26. The van der Waals surface area contributed by atoms with Gasteiger partial charge in [0.1, 0.15) is 5.75 Å². The summed E-state index contributed by atoms with van der Waals surface area (Å²) in [4.78, 5) is 14.7. The number of anilines is 2. The van der Waals surface area contributed by atoms with Crippen LogP contribution < -0.4 is 10.1 Å². The Morgan fingerprint density at radius 1 is 1.19 bits per heavy atom. The molecule has 1 fully saturated rings. The van der Waals surface area contributed by atoms with Crippen molar-refractivity contribution in [3.8, 4) is 5.75 Å². The second kappa shape index (κ2) is 8.65. The summed E-state index contributed by atoms with van der Waals surface area (Å²) in [5.74, 6) is 1.32. The summed E-state index contributed by atoms with van der Waals surface area (Å²) in [5, 5.41) is 11.5. The molecule has 1 aliphatic heterocycles. The molecule has 1 aliphatic rings. The number of benzene rings is 1. The smallest absolute Gasteiger partial charge is 0.274 e. The van der Waals surface area contributed by atoms with Crippen LogP contribution in [0.1, 0.15) is 50.0 Å². The number of carbonyl (C=O) groups excluding carboxylic acids is 1.